The number of aliphatic hydroxyl groups excluding tert-OH is 1. The maximum absolute atomic E-state index is 11.6. The van der Waals surface area contributed by atoms with Gasteiger partial charge in [0.05, 0.1) is 11.4 Å². The fourth-order valence-electron chi connectivity index (χ4n) is 3.86. The summed E-state index contributed by atoms with van der Waals surface area (Å²) in [5.41, 5.74) is 0. The monoisotopic (exact) mass is 442 g/mol. The molecule has 0 spiro atoms. The SMILES string of the molecule is CCCCCCCCCCCC(O)C(CCCCCCCCCC)S(=O)(=O)[O-].[Na+]. The van der Waals surface area contributed by atoms with Gasteiger partial charge in [0, 0.05) is 0 Å². The van der Waals surface area contributed by atoms with Gasteiger partial charge in [0.15, 0.2) is 0 Å². The molecule has 0 saturated carbocycles. The van der Waals surface area contributed by atoms with E-state index in [0.717, 1.165) is 32.1 Å². The Bertz CT molecular complexity index is 429. The first-order chi connectivity index (χ1) is 13.4. The van der Waals surface area contributed by atoms with Crippen LogP contribution in [-0.2, 0) is 10.1 Å². The van der Waals surface area contributed by atoms with Crippen molar-refractivity contribution in [1.29, 1.82) is 0 Å². The second-order valence-corrected chi connectivity index (χ2v) is 10.1. The summed E-state index contributed by atoms with van der Waals surface area (Å²) < 4.78 is 34.7. The van der Waals surface area contributed by atoms with Crippen LogP contribution >= 0.6 is 0 Å². The first-order valence-electron chi connectivity index (χ1n) is 12.1. The third kappa shape index (κ3) is 20.5. The van der Waals surface area contributed by atoms with E-state index in [-0.39, 0.29) is 29.6 Å². The first kappa shape index (κ1) is 32.1. The standard InChI is InChI=1S/C23H48O4S.Na/c1-3-5-7-9-11-13-14-16-18-20-22(24)23(28(25,26)27)21-19-17-15-12-10-8-6-4-2;/h22-24H,3-21H2,1-2H3,(H,25,26,27);/q;+1/p-1. The average Bonchev–Trinajstić information content (AvgIpc) is 2.64. The molecule has 6 heteroatoms. The minimum atomic E-state index is -4.43. The number of unbranched alkanes of at least 4 members (excludes halogenated alkanes) is 15. The van der Waals surface area contributed by atoms with E-state index in [9.17, 15) is 18.1 Å². The Morgan fingerprint density at radius 2 is 0.931 bits per heavy atom. The van der Waals surface area contributed by atoms with E-state index in [1.807, 2.05) is 0 Å². The molecule has 1 N–H and O–H groups in total. The third-order valence-electron chi connectivity index (χ3n) is 5.75. The van der Waals surface area contributed by atoms with Gasteiger partial charge in [0.2, 0.25) is 0 Å². The molecule has 0 aliphatic heterocycles. The van der Waals surface area contributed by atoms with Crippen molar-refractivity contribution in [2.24, 2.45) is 0 Å². The van der Waals surface area contributed by atoms with Gasteiger partial charge >= 0.3 is 29.6 Å². The molecule has 0 bridgehead atoms. The molecule has 0 aromatic rings. The van der Waals surface area contributed by atoms with Crippen LogP contribution in [0.3, 0.4) is 0 Å². The number of rotatable bonds is 21. The van der Waals surface area contributed by atoms with Gasteiger partial charge in [-0.15, -0.1) is 0 Å². The Morgan fingerprint density at radius 1 is 0.621 bits per heavy atom. The van der Waals surface area contributed by atoms with Crippen molar-refractivity contribution in [2.75, 3.05) is 0 Å². The second kappa shape index (κ2) is 22.1. The van der Waals surface area contributed by atoms with Crippen molar-refractivity contribution < 1.29 is 47.6 Å². The summed E-state index contributed by atoms with van der Waals surface area (Å²) in [5.74, 6) is 0. The molecule has 0 aromatic heterocycles. The zero-order valence-electron chi connectivity index (χ0n) is 19.7. The van der Waals surface area contributed by atoms with Crippen molar-refractivity contribution in [2.45, 2.75) is 147 Å². The van der Waals surface area contributed by atoms with E-state index in [1.54, 1.807) is 0 Å². The van der Waals surface area contributed by atoms with Crippen LogP contribution in [0, 0.1) is 0 Å². The normalized spacial score (nSPS) is 13.8. The molecule has 0 aliphatic carbocycles. The quantitative estimate of drug-likeness (QED) is 0.167. The van der Waals surface area contributed by atoms with Gasteiger partial charge < -0.3 is 9.66 Å². The third-order valence-corrected chi connectivity index (χ3v) is 7.04. The van der Waals surface area contributed by atoms with Gasteiger partial charge in [-0.3, -0.25) is 0 Å². The Kier molecular flexibility index (Phi) is 24.4. The minimum Gasteiger partial charge on any atom is -0.748 e. The summed E-state index contributed by atoms with van der Waals surface area (Å²) in [6.45, 7) is 4.42. The largest absolute Gasteiger partial charge is 1.00 e. The van der Waals surface area contributed by atoms with Crippen LogP contribution in [0.1, 0.15) is 136 Å². The Hall–Kier alpha value is 0.870. The number of hydrogen-bond acceptors (Lipinski definition) is 4. The molecule has 0 saturated heterocycles. The molecule has 2 unspecified atom stereocenters. The molecular formula is C23H47NaO4S. The smallest absolute Gasteiger partial charge is 0.748 e. The molecule has 0 heterocycles. The molecule has 0 aliphatic rings. The molecule has 0 amide bonds. The van der Waals surface area contributed by atoms with Gasteiger partial charge in [0.1, 0.15) is 10.1 Å². The summed E-state index contributed by atoms with van der Waals surface area (Å²) in [6.07, 6.45) is 19.3. The summed E-state index contributed by atoms with van der Waals surface area (Å²) in [4.78, 5) is 0. The number of aliphatic hydroxyl groups is 1. The van der Waals surface area contributed by atoms with Crippen molar-refractivity contribution in [3.05, 3.63) is 0 Å². The van der Waals surface area contributed by atoms with Crippen molar-refractivity contribution in [3.63, 3.8) is 0 Å². The molecule has 0 aromatic carbocycles. The van der Waals surface area contributed by atoms with Gasteiger partial charge in [0.25, 0.3) is 0 Å². The predicted octanol–water partition coefficient (Wildman–Crippen LogP) is 3.72. The van der Waals surface area contributed by atoms with E-state index in [2.05, 4.69) is 13.8 Å². The van der Waals surface area contributed by atoms with Gasteiger partial charge in [-0.1, -0.05) is 123 Å². The van der Waals surface area contributed by atoms with Crippen LogP contribution in [0.4, 0.5) is 0 Å². The van der Waals surface area contributed by atoms with E-state index >= 15 is 0 Å². The molecule has 4 nitrogen and oxygen atoms in total. The van der Waals surface area contributed by atoms with Crippen LogP contribution in [0.2, 0.25) is 0 Å². The average molecular weight is 443 g/mol. The molecule has 2 atom stereocenters. The Balaban J connectivity index is 0. The van der Waals surface area contributed by atoms with E-state index in [1.165, 1.54) is 70.6 Å². The molecule has 0 fully saturated rings. The van der Waals surface area contributed by atoms with Gasteiger partial charge in [-0.05, 0) is 12.8 Å². The van der Waals surface area contributed by atoms with E-state index in [4.69, 9.17) is 0 Å². The Morgan fingerprint density at radius 3 is 1.28 bits per heavy atom. The van der Waals surface area contributed by atoms with E-state index in [0.29, 0.717) is 19.3 Å². The molecule has 0 rings (SSSR count). The molecular weight excluding hydrogens is 395 g/mol. The minimum absolute atomic E-state index is 0. The van der Waals surface area contributed by atoms with Crippen LogP contribution in [0.5, 0.6) is 0 Å². The summed E-state index contributed by atoms with van der Waals surface area (Å²) in [5, 5.41) is 9.14. The summed E-state index contributed by atoms with van der Waals surface area (Å²) in [6, 6.07) is 0. The summed E-state index contributed by atoms with van der Waals surface area (Å²) in [7, 11) is -4.43. The molecule has 170 valence electrons. The van der Waals surface area contributed by atoms with Gasteiger partial charge in [-0.25, -0.2) is 8.42 Å². The van der Waals surface area contributed by atoms with Crippen LogP contribution in [-0.4, -0.2) is 29.4 Å². The van der Waals surface area contributed by atoms with Crippen LogP contribution in [0.25, 0.3) is 0 Å². The van der Waals surface area contributed by atoms with Crippen LogP contribution < -0.4 is 29.6 Å². The topological polar surface area (TPSA) is 77.4 Å². The van der Waals surface area contributed by atoms with Crippen LogP contribution in [0.15, 0.2) is 0 Å². The van der Waals surface area contributed by atoms with Crippen molar-refractivity contribution in [3.8, 4) is 0 Å². The zero-order valence-corrected chi connectivity index (χ0v) is 22.5. The van der Waals surface area contributed by atoms with Gasteiger partial charge in [-0.2, -0.15) is 0 Å². The predicted molar refractivity (Wildman–Crippen MR) is 119 cm³/mol. The second-order valence-electron chi connectivity index (χ2n) is 8.48. The van der Waals surface area contributed by atoms with E-state index < -0.39 is 21.5 Å². The fraction of sp³-hybridized carbons (Fsp3) is 1.00. The maximum atomic E-state index is 11.6. The van der Waals surface area contributed by atoms with Crippen molar-refractivity contribution >= 4 is 10.1 Å². The Labute approximate surface area is 204 Å². The summed E-state index contributed by atoms with van der Waals surface area (Å²) >= 11 is 0. The molecule has 0 radical (unpaired) electrons. The van der Waals surface area contributed by atoms with Crippen molar-refractivity contribution in [1.82, 2.24) is 0 Å². The first-order valence-corrected chi connectivity index (χ1v) is 13.5. The fourth-order valence-corrected chi connectivity index (χ4v) is 4.83. The zero-order chi connectivity index (χ0) is 21.1. The maximum Gasteiger partial charge on any atom is 1.00 e. The molecule has 29 heavy (non-hydrogen) atoms. The number of hydrogen-bond donors (Lipinski definition) is 1.